The molecule has 3 aromatic rings. The van der Waals surface area contributed by atoms with Crippen molar-refractivity contribution in [2.24, 2.45) is 5.10 Å². The molecule has 2 amide bonds. The zero-order chi connectivity index (χ0) is 24.8. The Morgan fingerprint density at radius 1 is 1.11 bits per heavy atom. The van der Waals surface area contributed by atoms with Gasteiger partial charge in [0.05, 0.1) is 30.3 Å². The van der Waals surface area contributed by atoms with Gasteiger partial charge in [-0.25, -0.2) is 5.01 Å². The van der Waals surface area contributed by atoms with E-state index in [0.717, 1.165) is 16.2 Å². The van der Waals surface area contributed by atoms with Crippen LogP contribution in [0, 0.1) is 0 Å². The van der Waals surface area contributed by atoms with Gasteiger partial charge in [-0.15, -0.1) is 11.3 Å². The first-order valence-corrected chi connectivity index (χ1v) is 12.4. The van der Waals surface area contributed by atoms with E-state index in [-0.39, 0.29) is 30.9 Å². The Kier molecular flexibility index (Phi) is 8.17. The fourth-order valence-corrected chi connectivity index (χ4v) is 4.73. The van der Waals surface area contributed by atoms with Crippen molar-refractivity contribution in [3.05, 3.63) is 87.1 Å². The number of carbonyl (C=O) groups is 2. The zero-order valence-electron chi connectivity index (χ0n) is 19.5. The van der Waals surface area contributed by atoms with E-state index in [1.165, 1.54) is 9.91 Å². The fraction of sp³-hybridized carbons (Fsp3) is 0.269. The van der Waals surface area contributed by atoms with E-state index in [9.17, 15) is 9.59 Å². The number of hydrazone groups is 1. The molecule has 4 rings (SSSR count). The number of carbonyl (C=O) groups excluding carboxylic acids is 2. The summed E-state index contributed by atoms with van der Waals surface area (Å²) in [6.45, 7) is 0.451. The van der Waals surface area contributed by atoms with Crippen LogP contribution in [0.1, 0.15) is 33.3 Å². The minimum absolute atomic E-state index is 0.125. The van der Waals surface area contributed by atoms with Gasteiger partial charge in [-0.1, -0.05) is 29.8 Å². The monoisotopic (exact) mass is 511 g/mol. The van der Waals surface area contributed by atoms with Crippen LogP contribution in [0.15, 0.2) is 71.1 Å². The number of hydrogen-bond acceptors (Lipinski definition) is 6. The van der Waals surface area contributed by atoms with Crippen LogP contribution in [0.4, 0.5) is 0 Å². The summed E-state index contributed by atoms with van der Waals surface area (Å²) < 4.78 is 10.4. The van der Waals surface area contributed by atoms with E-state index in [1.807, 2.05) is 29.6 Å². The number of thiophene rings is 1. The number of ether oxygens (including phenoxy) is 2. The first kappa shape index (κ1) is 24.9. The van der Waals surface area contributed by atoms with E-state index >= 15 is 0 Å². The lowest BCUT2D eigenvalue weighted by atomic mass is 10.0. The minimum Gasteiger partial charge on any atom is -0.497 e. The SMILES string of the molecule is COCCN(CC(=O)N1N=C(c2cccs2)CC1c1ccc(Cl)cc1)C(=O)c1ccc(OC)cc1. The van der Waals surface area contributed by atoms with Crippen molar-refractivity contribution in [2.45, 2.75) is 12.5 Å². The average Bonchev–Trinajstić information content (AvgIpc) is 3.57. The van der Waals surface area contributed by atoms with Gasteiger partial charge in [-0.05, 0) is 53.4 Å². The molecule has 182 valence electrons. The van der Waals surface area contributed by atoms with Gasteiger partial charge in [-0.2, -0.15) is 5.10 Å². The molecular weight excluding hydrogens is 486 g/mol. The highest BCUT2D eigenvalue weighted by Gasteiger charge is 2.34. The third-order valence-corrected chi connectivity index (χ3v) is 6.91. The first-order chi connectivity index (χ1) is 17.0. The smallest absolute Gasteiger partial charge is 0.262 e. The number of hydrogen-bond donors (Lipinski definition) is 0. The summed E-state index contributed by atoms with van der Waals surface area (Å²) in [6, 6.07) is 17.9. The van der Waals surface area contributed by atoms with Gasteiger partial charge in [0.2, 0.25) is 0 Å². The lowest BCUT2D eigenvalue weighted by Crippen LogP contribution is -2.42. The molecule has 1 aliphatic heterocycles. The van der Waals surface area contributed by atoms with Crippen LogP contribution in [-0.2, 0) is 9.53 Å². The van der Waals surface area contributed by atoms with E-state index in [2.05, 4.69) is 0 Å². The van der Waals surface area contributed by atoms with Gasteiger partial charge in [-0.3, -0.25) is 9.59 Å². The van der Waals surface area contributed by atoms with Crippen LogP contribution >= 0.6 is 22.9 Å². The summed E-state index contributed by atoms with van der Waals surface area (Å²) in [5.41, 5.74) is 2.24. The van der Waals surface area contributed by atoms with Crippen LogP contribution in [0.3, 0.4) is 0 Å². The zero-order valence-corrected chi connectivity index (χ0v) is 21.1. The third-order valence-electron chi connectivity index (χ3n) is 5.74. The van der Waals surface area contributed by atoms with Gasteiger partial charge >= 0.3 is 0 Å². The number of nitrogens with zero attached hydrogens (tertiary/aromatic N) is 3. The van der Waals surface area contributed by atoms with Crippen LogP contribution in [0.2, 0.25) is 5.02 Å². The van der Waals surface area contributed by atoms with Crippen molar-refractivity contribution in [2.75, 3.05) is 33.9 Å². The molecule has 0 N–H and O–H groups in total. The largest absolute Gasteiger partial charge is 0.497 e. The number of rotatable bonds is 9. The van der Waals surface area contributed by atoms with Crippen molar-refractivity contribution >= 4 is 40.5 Å². The Balaban J connectivity index is 1.59. The molecule has 2 aromatic carbocycles. The average molecular weight is 512 g/mol. The molecule has 0 saturated heterocycles. The highest BCUT2D eigenvalue weighted by Crippen LogP contribution is 2.34. The standard InChI is InChI=1S/C26H26ClN3O4S/c1-33-14-13-29(26(32)19-7-11-21(34-2)12-8-19)17-25(31)30-23(18-5-9-20(27)10-6-18)16-22(28-30)24-4-3-15-35-24/h3-12,15,23H,13-14,16-17H2,1-2H3. The Morgan fingerprint density at radius 2 is 1.86 bits per heavy atom. The van der Waals surface area contributed by atoms with Crippen LogP contribution in [-0.4, -0.2) is 61.4 Å². The normalized spacial score (nSPS) is 15.1. The van der Waals surface area contributed by atoms with Crippen molar-refractivity contribution in [1.29, 1.82) is 0 Å². The molecule has 1 aromatic heterocycles. The lowest BCUT2D eigenvalue weighted by Gasteiger charge is -2.27. The number of methoxy groups -OCH3 is 2. The third kappa shape index (κ3) is 5.90. The minimum atomic E-state index is -0.280. The van der Waals surface area contributed by atoms with Crippen molar-refractivity contribution in [1.82, 2.24) is 9.91 Å². The molecule has 0 radical (unpaired) electrons. The van der Waals surface area contributed by atoms with Crippen molar-refractivity contribution in [3.63, 3.8) is 0 Å². The summed E-state index contributed by atoms with van der Waals surface area (Å²) in [5.74, 6) is 0.122. The Labute approximate surface area is 213 Å². The van der Waals surface area contributed by atoms with E-state index in [4.69, 9.17) is 26.2 Å². The van der Waals surface area contributed by atoms with Crippen LogP contribution in [0.25, 0.3) is 0 Å². The molecule has 0 aliphatic carbocycles. The number of benzene rings is 2. The molecule has 1 unspecified atom stereocenters. The molecule has 1 atom stereocenters. The molecule has 0 bridgehead atoms. The van der Waals surface area contributed by atoms with Crippen LogP contribution < -0.4 is 4.74 Å². The maximum atomic E-state index is 13.6. The fourth-order valence-electron chi connectivity index (χ4n) is 3.88. The second-order valence-corrected chi connectivity index (χ2v) is 9.37. The van der Waals surface area contributed by atoms with Gasteiger partial charge in [0.1, 0.15) is 12.3 Å². The molecule has 9 heteroatoms. The summed E-state index contributed by atoms with van der Waals surface area (Å²) >= 11 is 7.67. The summed E-state index contributed by atoms with van der Waals surface area (Å²) in [7, 11) is 3.13. The maximum absolute atomic E-state index is 13.6. The highest BCUT2D eigenvalue weighted by atomic mass is 35.5. The topological polar surface area (TPSA) is 71.4 Å². The Morgan fingerprint density at radius 3 is 2.49 bits per heavy atom. The number of amides is 2. The van der Waals surface area contributed by atoms with Crippen LogP contribution in [0.5, 0.6) is 5.75 Å². The van der Waals surface area contributed by atoms with Crippen molar-refractivity contribution in [3.8, 4) is 5.75 Å². The summed E-state index contributed by atoms with van der Waals surface area (Å²) in [6.07, 6.45) is 0.582. The van der Waals surface area contributed by atoms with Crippen molar-refractivity contribution < 1.29 is 19.1 Å². The quantitative estimate of drug-likeness (QED) is 0.410. The van der Waals surface area contributed by atoms with Gasteiger partial charge in [0.15, 0.2) is 0 Å². The number of halogens is 1. The van der Waals surface area contributed by atoms with Gasteiger partial charge in [0, 0.05) is 30.7 Å². The van der Waals surface area contributed by atoms with E-state index in [0.29, 0.717) is 29.4 Å². The molecule has 0 saturated carbocycles. The van der Waals surface area contributed by atoms with Gasteiger partial charge < -0.3 is 14.4 Å². The molecule has 7 nitrogen and oxygen atoms in total. The summed E-state index contributed by atoms with van der Waals surface area (Å²) in [5, 5.41) is 8.80. The first-order valence-electron chi connectivity index (χ1n) is 11.1. The second-order valence-electron chi connectivity index (χ2n) is 7.98. The molecule has 35 heavy (non-hydrogen) atoms. The maximum Gasteiger partial charge on any atom is 0.262 e. The molecule has 2 heterocycles. The van der Waals surface area contributed by atoms with E-state index in [1.54, 1.807) is 62.0 Å². The Bertz CT molecular complexity index is 1180. The van der Waals surface area contributed by atoms with E-state index < -0.39 is 0 Å². The molecular formula is C26H26ClN3O4S. The molecule has 1 aliphatic rings. The summed E-state index contributed by atoms with van der Waals surface area (Å²) in [4.78, 5) is 29.3. The molecule has 0 spiro atoms. The molecule has 0 fully saturated rings. The highest BCUT2D eigenvalue weighted by molar-refractivity contribution is 7.12. The lowest BCUT2D eigenvalue weighted by molar-refractivity contribution is -0.133. The van der Waals surface area contributed by atoms with Gasteiger partial charge in [0.25, 0.3) is 11.8 Å². The predicted molar refractivity (Wildman–Crippen MR) is 137 cm³/mol. The Hall–Kier alpha value is -3.20. The predicted octanol–water partition coefficient (Wildman–Crippen LogP) is 4.88. The second kappa shape index (κ2) is 11.5.